The standard InChI is InChI=1S/C19H18N4O4/c1-12-17(21-22-23(12)15-6-4-5-7-16(15)26-2)18(24)20-14-10-8-13(9-11-14)19(25)27-3/h4-11H,1-3H3,(H,20,24). The molecular formula is C19H18N4O4. The number of hydrogen-bond donors (Lipinski definition) is 1. The number of hydrogen-bond acceptors (Lipinski definition) is 6. The zero-order valence-corrected chi connectivity index (χ0v) is 15.1. The zero-order valence-electron chi connectivity index (χ0n) is 15.1. The number of benzene rings is 2. The summed E-state index contributed by atoms with van der Waals surface area (Å²) in [6.07, 6.45) is 0. The molecule has 27 heavy (non-hydrogen) atoms. The topological polar surface area (TPSA) is 95.3 Å². The summed E-state index contributed by atoms with van der Waals surface area (Å²) in [5.41, 5.74) is 2.38. The van der Waals surface area contributed by atoms with Gasteiger partial charge in [0.05, 0.1) is 25.5 Å². The Hall–Kier alpha value is -3.68. The molecule has 0 saturated carbocycles. The highest BCUT2D eigenvalue weighted by Crippen LogP contribution is 2.23. The first-order chi connectivity index (χ1) is 13.0. The summed E-state index contributed by atoms with van der Waals surface area (Å²) in [6, 6.07) is 13.7. The predicted octanol–water partition coefficient (Wildman–Crippen LogP) is 2.62. The number of carbonyl (C=O) groups excluding carboxylic acids is 2. The highest BCUT2D eigenvalue weighted by Gasteiger charge is 2.19. The smallest absolute Gasteiger partial charge is 0.337 e. The molecule has 8 heteroatoms. The lowest BCUT2D eigenvalue weighted by molar-refractivity contribution is 0.0600. The minimum absolute atomic E-state index is 0.193. The molecule has 1 heterocycles. The molecule has 3 rings (SSSR count). The maximum Gasteiger partial charge on any atom is 0.337 e. The van der Waals surface area contributed by atoms with E-state index in [4.69, 9.17) is 4.74 Å². The molecule has 0 saturated heterocycles. The van der Waals surface area contributed by atoms with E-state index < -0.39 is 11.9 Å². The van der Waals surface area contributed by atoms with Crippen molar-refractivity contribution in [2.24, 2.45) is 0 Å². The second-order valence-corrected chi connectivity index (χ2v) is 5.63. The Balaban J connectivity index is 1.82. The summed E-state index contributed by atoms with van der Waals surface area (Å²) in [5.74, 6) is -0.223. The summed E-state index contributed by atoms with van der Waals surface area (Å²) in [6.45, 7) is 1.75. The molecule has 0 unspecified atom stereocenters. The Bertz CT molecular complexity index is 980. The van der Waals surface area contributed by atoms with Crippen LogP contribution >= 0.6 is 0 Å². The van der Waals surface area contributed by atoms with Crippen LogP contribution in [0.25, 0.3) is 5.69 Å². The number of esters is 1. The molecule has 0 aliphatic heterocycles. The number of carbonyl (C=O) groups is 2. The van der Waals surface area contributed by atoms with E-state index in [2.05, 4.69) is 20.4 Å². The molecule has 1 N–H and O–H groups in total. The summed E-state index contributed by atoms with van der Waals surface area (Å²) >= 11 is 0. The number of para-hydroxylation sites is 2. The molecule has 1 amide bonds. The van der Waals surface area contributed by atoms with Crippen LogP contribution in [0.2, 0.25) is 0 Å². The van der Waals surface area contributed by atoms with Gasteiger partial charge in [0.15, 0.2) is 5.69 Å². The monoisotopic (exact) mass is 366 g/mol. The van der Waals surface area contributed by atoms with Crippen molar-refractivity contribution in [1.82, 2.24) is 15.0 Å². The van der Waals surface area contributed by atoms with Gasteiger partial charge in [-0.2, -0.15) is 0 Å². The maximum atomic E-state index is 12.6. The van der Waals surface area contributed by atoms with E-state index in [1.807, 2.05) is 18.2 Å². The van der Waals surface area contributed by atoms with Crippen LogP contribution in [-0.2, 0) is 4.74 Å². The van der Waals surface area contributed by atoms with Crippen LogP contribution in [-0.4, -0.2) is 41.1 Å². The minimum Gasteiger partial charge on any atom is -0.494 e. The average molecular weight is 366 g/mol. The van der Waals surface area contributed by atoms with Crippen LogP contribution in [0.3, 0.4) is 0 Å². The molecule has 0 aliphatic rings. The first kappa shape index (κ1) is 18.1. The number of rotatable bonds is 5. The maximum absolute atomic E-state index is 12.6. The first-order valence-corrected chi connectivity index (χ1v) is 8.10. The van der Waals surface area contributed by atoms with Crippen LogP contribution in [0.1, 0.15) is 26.5 Å². The van der Waals surface area contributed by atoms with Crippen molar-refractivity contribution in [2.45, 2.75) is 6.92 Å². The van der Waals surface area contributed by atoms with Gasteiger partial charge in [0.1, 0.15) is 11.4 Å². The van der Waals surface area contributed by atoms with E-state index in [-0.39, 0.29) is 5.69 Å². The third-order valence-corrected chi connectivity index (χ3v) is 3.99. The lowest BCUT2D eigenvalue weighted by Crippen LogP contribution is -2.14. The van der Waals surface area contributed by atoms with Gasteiger partial charge in [-0.15, -0.1) is 5.10 Å². The fraction of sp³-hybridized carbons (Fsp3) is 0.158. The Labute approximate surface area is 155 Å². The molecule has 138 valence electrons. The summed E-state index contributed by atoms with van der Waals surface area (Å²) < 4.78 is 11.5. The number of nitrogens with one attached hydrogen (secondary N) is 1. The quantitative estimate of drug-likeness (QED) is 0.698. The van der Waals surface area contributed by atoms with Crippen molar-refractivity contribution in [1.29, 1.82) is 0 Å². The number of methoxy groups -OCH3 is 2. The van der Waals surface area contributed by atoms with Crippen LogP contribution in [0, 0.1) is 6.92 Å². The molecule has 0 bridgehead atoms. The molecular weight excluding hydrogens is 348 g/mol. The fourth-order valence-corrected chi connectivity index (χ4v) is 2.57. The van der Waals surface area contributed by atoms with E-state index >= 15 is 0 Å². The molecule has 1 aromatic heterocycles. The van der Waals surface area contributed by atoms with Gasteiger partial charge in [-0.05, 0) is 43.3 Å². The van der Waals surface area contributed by atoms with Gasteiger partial charge < -0.3 is 14.8 Å². The van der Waals surface area contributed by atoms with E-state index in [0.29, 0.717) is 28.4 Å². The number of aromatic nitrogens is 3. The number of amides is 1. The molecule has 2 aromatic carbocycles. The van der Waals surface area contributed by atoms with E-state index in [1.54, 1.807) is 49.0 Å². The van der Waals surface area contributed by atoms with Crippen LogP contribution < -0.4 is 10.1 Å². The lowest BCUT2D eigenvalue weighted by atomic mass is 10.2. The van der Waals surface area contributed by atoms with Gasteiger partial charge in [-0.3, -0.25) is 4.79 Å². The van der Waals surface area contributed by atoms with Gasteiger partial charge in [-0.1, -0.05) is 17.3 Å². The van der Waals surface area contributed by atoms with Gasteiger partial charge in [0.2, 0.25) is 0 Å². The normalized spacial score (nSPS) is 10.3. The number of nitrogens with zero attached hydrogens (tertiary/aromatic N) is 3. The van der Waals surface area contributed by atoms with Crippen LogP contribution in [0.15, 0.2) is 48.5 Å². The summed E-state index contributed by atoms with van der Waals surface area (Å²) in [7, 11) is 2.88. The average Bonchev–Trinajstić information content (AvgIpc) is 3.09. The van der Waals surface area contributed by atoms with Crippen LogP contribution in [0.5, 0.6) is 5.75 Å². The largest absolute Gasteiger partial charge is 0.494 e. The van der Waals surface area contributed by atoms with Crippen molar-refractivity contribution in [2.75, 3.05) is 19.5 Å². The molecule has 0 aliphatic carbocycles. The lowest BCUT2D eigenvalue weighted by Gasteiger charge is -2.09. The van der Waals surface area contributed by atoms with E-state index in [0.717, 1.165) is 0 Å². The van der Waals surface area contributed by atoms with Crippen molar-refractivity contribution in [3.63, 3.8) is 0 Å². The Morgan fingerprint density at radius 2 is 1.74 bits per heavy atom. The van der Waals surface area contributed by atoms with Gasteiger partial charge in [0.25, 0.3) is 5.91 Å². The van der Waals surface area contributed by atoms with Crippen molar-refractivity contribution in [3.05, 3.63) is 65.5 Å². The van der Waals surface area contributed by atoms with Crippen molar-refractivity contribution < 1.29 is 19.1 Å². The second kappa shape index (κ2) is 7.69. The molecule has 0 radical (unpaired) electrons. The molecule has 0 spiro atoms. The van der Waals surface area contributed by atoms with E-state index in [1.165, 1.54) is 7.11 Å². The van der Waals surface area contributed by atoms with Crippen molar-refractivity contribution >= 4 is 17.6 Å². The van der Waals surface area contributed by atoms with Gasteiger partial charge in [-0.25, -0.2) is 9.48 Å². The molecule has 3 aromatic rings. The molecule has 0 atom stereocenters. The minimum atomic E-state index is -0.441. The highest BCUT2D eigenvalue weighted by atomic mass is 16.5. The Kier molecular flexibility index (Phi) is 5.16. The number of anilines is 1. The number of ether oxygens (including phenoxy) is 2. The predicted molar refractivity (Wildman–Crippen MR) is 98.4 cm³/mol. The van der Waals surface area contributed by atoms with Gasteiger partial charge in [0, 0.05) is 5.69 Å². The Morgan fingerprint density at radius 3 is 2.41 bits per heavy atom. The third kappa shape index (κ3) is 3.64. The third-order valence-electron chi connectivity index (χ3n) is 3.99. The van der Waals surface area contributed by atoms with Crippen LogP contribution in [0.4, 0.5) is 5.69 Å². The summed E-state index contributed by atoms with van der Waals surface area (Å²) in [4.78, 5) is 24.0. The Morgan fingerprint density at radius 1 is 1.04 bits per heavy atom. The van der Waals surface area contributed by atoms with Crippen molar-refractivity contribution in [3.8, 4) is 11.4 Å². The zero-order chi connectivity index (χ0) is 19.4. The second-order valence-electron chi connectivity index (χ2n) is 5.63. The fourth-order valence-electron chi connectivity index (χ4n) is 2.57. The summed E-state index contributed by atoms with van der Waals surface area (Å²) in [5, 5.41) is 10.8. The van der Waals surface area contributed by atoms with Gasteiger partial charge >= 0.3 is 5.97 Å². The highest BCUT2D eigenvalue weighted by molar-refractivity contribution is 6.03. The first-order valence-electron chi connectivity index (χ1n) is 8.10. The van der Waals surface area contributed by atoms with E-state index in [9.17, 15) is 9.59 Å². The SMILES string of the molecule is COC(=O)c1ccc(NC(=O)c2nnn(-c3ccccc3OC)c2C)cc1. The molecule has 0 fully saturated rings. The molecule has 8 nitrogen and oxygen atoms in total.